The van der Waals surface area contributed by atoms with Crippen molar-refractivity contribution in [2.45, 2.75) is 19.3 Å². The number of amides is 1. The molecule has 1 fully saturated rings. The summed E-state index contributed by atoms with van der Waals surface area (Å²) in [7, 11) is 0. The van der Waals surface area contributed by atoms with E-state index in [4.69, 9.17) is 4.74 Å². The van der Waals surface area contributed by atoms with Crippen LogP contribution in [0.3, 0.4) is 0 Å². The summed E-state index contributed by atoms with van der Waals surface area (Å²) in [6, 6.07) is 5.04. The molecule has 99 valence electrons. The monoisotopic (exact) mass is 337 g/mol. The molecule has 0 unspecified atom stereocenters. The number of carbonyl (C=O) groups excluding carboxylic acids is 2. The fraction of sp³-hybridized carbons (Fsp3) is 0.385. The standard InChI is InChI=1S/C13H14NO4.Y/c1-2-18-13(17)10-6-9(10)8-4-3-5-11(12(8)16)14-7-15;/h3-5,9-10,16H,2,6H2,1H3,(H,14,15);/q-1;/t9-,10+;/m0./s1. The maximum absolute atomic E-state index is 11.5. The van der Waals surface area contributed by atoms with Crippen LogP contribution in [0.15, 0.2) is 18.2 Å². The van der Waals surface area contributed by atoms with Crippen molar-refractivity contribution >= 4 is 18.1 Å². The Hall–Kier alpha value is -0.936. The van der Waals surface area contributed by atoms with Gasteiger partial charge in [0.15, 0.2) is 0 Å². The van der Waals surface area contributed by atoms with Crippen LogP contribution >= 0.6 is 0 Å². The Balaban J connectivity index is 0.00000180. The molecule has 2 rings (SSSR count). The van der Waals surface area contributed by atoms with Gasteiger partial charge in [0.1, 0.15) is 0 Å². The minimum Gasteiger partial charge on any atom is -0.524 e. The first-order valence-electron chi connectivity index (χ1n) is 5.80. The van der Waals surface area contributed by atoms with Gasteiger partial charge in [-0.2, -0.15) is 0 Å². The molecule has 1 aliphatic rings. The number of carbonyl (C=O) groups is 1. The number of anilines is 1. The molecular formula is C13H14NO4Y-. The summed E-state index contributed by atoms with van der Waals surface area (Å²) in [5, 5.41) is 12.3. The van der Waals surface area contributed by atoms with Crippen molar-refractivity contribution in [2.75, 3.05) is 11.9 Å². The Morgan fingerprint density at radius 1 is 1.58 bits per heavy atom. The average Bonchev–Trinajstić information content (AvgIpc) is 3.12. The fourth-order valence-corrected chi connectivity index (χ4v) is 2.06. The van der Waals surface area contributed by atoms with Gasteiger partial charge in [0.05, 0.1) is 24.7 Å². The second kappa shape index (κ2) is 7.01. The molecular weight excluding hydrogens is 323 g/mol. The first-order valence-corrected chi connectivity index (χ1v) is 5.80. The van der Waals surface area contributed by atoms with Crippen LogP contribution in [0.1, 0.15) is 24.8 Å². The number of hydrogen-bond acceptors (Lipinski definition) is 4. The minimum absolute atomic E-state index is 0. The molecule has 1 radical (unpaired) electrons. The Kier molecular flexibility index (Phi) is 5.95. The van der Waals surface area contributed by atoms with Crippen LogP contribution in [0.4, 0.5) is 5.69 Å². The van der Waals surface area contributed by atoms with Gasteiger partial charge in [-0.1, -0.05) is 17.8 Å². The SMILES string of the molecule is CCOC(=O)[C@@H]1C[C@H]1c1cccc(N[C-]=O)c1O.[Y]. The van der Waals surface area contributed by atoms with Crippen molar-refractivity contribution in [3.8, 4) is 5.75 Å². The second-order valence-electron chi connectivity index (χ2n) is 4.17. The van der Waals surface area contributed by atoms with Crippen molar-refractivity contribution in [3.05, 3.63) is 23.8 Å². The van der Waals surface area contributed by atoms with Gasteiger partial charge in [0, 0.05) is 38.6 Å². The third-order valence-corrected chi connectivity index (χ3v) is 3.03. The van der Waals surface area contributed by atoms with E-state index in [0.717, 1.165) is 0 Å². The van der Waals surface area contributed by atoms with Gasteiger partial charge in [-0.05, 0) is 18.9 Å². The van der Waals surface area contributed by atoms with Gasteiger partial charge in [-0.15, -0.1) is 6.07 Å². The molecule has 0 spiro atoms. The minimum atomic E-state index is -0.234. The van der Waals surface area contributed by atoms with E-state index >= 15 is 0 Å². The molecule has 0 aliphatic heterocycles. The summed E-state index contributed by atoms with van der Waals surface area (Å²) in [4.78, 5) is 21.8. The van der Waals surface area contributed by atoms with E-state index in [0.29, 0.717) is 24.3 Å². The Labute approximate surface area is 136 Å². The number of nitrogens with one attached hydrogen (secondary N) is 1. The van der Waals surface area contributed by atoms with Gasteiger partial charge in [-0.3, -0.25) is 4.79 Å². The molecule has 0 heterocycles. The van der Waals surface area contributed by atoms with Crippen molar-refractivity contribution in [3.63, 3.8) is 0 Å². The van der Waals surface area contributed by atoms with Gasteiger partial charge in [0.25, 0.3) is 0 Å². The van der Waals surface area contributed by atoms with Gasteiger partial charge < -0.3 is 20.0 Å². The average molecular weight is 337 g/mol. The predicted molar refractivity (Wildman–Crippen MR) is 64.9 cm³/mol. The Morgan fingerprint density at radius 2 is 2.32 bits per heavy atom. The molecule has 1 saturated carbocycles. The Morgan fingerprint density at radius 3 is 2.95 bits per heavy atom. The molecule has 1 amide bonds. The number of benzene rings is 1. The number of ether oxygens (including phenoxy) is 1. The van der Waals surface area contributed by atoms with E-state index < -0.39 is 0 Å². The topological polar surface area (TPSA) is 75.6 Å². The van der Waals surface area contributed by atoms with Gasteiger partial charge in [0.2, 0.25) is 0 Å². The molecule has 19 heavy (non-hydrogen) atoms. The summed E-state index contributed by atoms with van der Waals surface area (Å²) in [6.45, 7) is 2.12. The summed E-state index contributed by atoms with van der Waals surface area (Å²) >= 11 is 0. The van der Waals surface area contributed by atoms with E-state index in [1.165, 1.54) is 6.41 Å². The number of para-hydroxylation sites is 1. The largest absolute Gasteiger partial charge is 0.524 e. The van der Waals surface area contributed by atoms with Crippen molar-refractivity contribution < 1.29 is 52.1 Å². The molecule has 1 aromatic carbocycles. The normalized spacial score (nSPS) is 20.1. The third-order valence-electron chi connectivity index (χ3n) is 3.03. The number of phenols is 1. The molecule has 0 bridgehead atoms. The molecule has 2 N–H and O–H groups in total. The van der Waals surface area contributed by atoms with E-state index in [1.54, 1.807) is 25.1 Å². The van der Waals surface area contributed by atoms with Crippen LogP contribution in [0.25, 0.3) is 0 Å². The van der Waals surface area contributed by atoms with Crippen molar-refractivity contribution in [1.82, 2.24) is 0 Å². The van der Waals surface area contributed by atoms with Gasteiger partial charge in [-0.25, -0.2) is 0 Å². The number of aromatic hydroxyl groups is 1. The van der Waals surface area contributed by atoms with Crippen LogP contribution in [0, 0.1) is 5.92 Å². The first-order chi connectivity index (χ1) is 8.69. The zero-order valence-electron chi connectivity index (χ0n) is 10.6. The number of rotatable bonds is 5. The fourth-order valence-electron chi connectivity index (χ4n) is 2.06. The molecule has 1 aliphatic carbocycles. The summed E-state index contributed by atoms with van der Waals surface area (Å²) in [5.74, 6) is -0.455. The third kappa shape index (κ3) is 3.54. The quantitative estimate of drug-likeness (QED) is 0.370. The van der Waals surface area contributed by atoms with E-state index in [2.05, 4.69) is 5.32 Å². The number of esters is 1. The molecule has 6 heteroatoms. The van der Waals surface area contributed by atoms with E-state index in [-0.39, 0.29) is 56.3 Å². The molecule has 0 saturated heterocycles. The first kappa shape index (κ1) is 16.1. The second-order valence-corrected chi connectivity index (χ2v) is 4.17. The summed E-state index contributed by atoms with van der Waals surface area (Å²) < 4.78 is 4.94. The molecule has 0 aromatic heterocycles. The van der Waals surface area contributed by atoms with Crippen LogP contribution in [-0.4, -0.2) is 24.1 Å². The van der Waals surface area contributed by atoms with Crippen molar-refractivity contribution in [1.29, 1.82) is 0 Å². The molecule has 2 atom stereocenters. The van der Waals surface area contributed by atoms with E-state index in [9.17, 15) is 14.7 Å². The van der Waals surface area contributed by atoms with Crippen LogP contribution in [0.5, 0.6) is 5.75 Å². The zero-order valence-corrected chi connectivity index (χ0v) is 13.4. The van der Waals surface area contributed by atoms with Crippen LogP contribution in [-0.2, 0) is 47.0 Å². The molecule has 5 nitrogen and oxygen atoms in total. The number of phenolic OH excluding ortho intramolecular Hbond substituents is 1. The smallest absolute Gasteiger partial charge is 0.309 e. The summed E-state index contributed by atoms with van der Waals surface area (Å²) in [5.41, 5.74) is 0.963. The maximum Gasteiger partial charge on any atom is 0.309 e. The van der Waals surface area contributed by atoms with Crippen molar-refractivity contribution in [2.24, 2.45) is 5.92 Å². The van der Waals surface area contributed by atoms with Gasteiger partial charge >= 0.3 is 5.97 Å². The van der Waals surface area contributed by atoms with E-state index in [1.807, 2.05) is 0 Å². The Bertz CT molecular complexity index is 478. The number of hydrogen-bond donors (Lipinski definition) is 2. The summed E-state index contributed by atoms with van der Waals surface area (Å²) in [6.07, 6.45) is 2.18. The predicted octanol–water partition coefficient (Wildman–Crippen LogP) is 1.54. The zero-order chi connectivity index (χ0) is 13.1. The molecule has 1 aromatic rings. The van der Waals surface area contributed by atoms with Crippen LogP contribution in [0.2, 0.25) is 0 Å². The van der Waals surface area contributed by atoms with Crippen LogP contribution < -0.4 is 5.32 Å². The maximum atomic E-state index is 11.5.